The number of fused-ring (bicyclic) bond motifs is 1. The molecule has 2 unspecified atom stereocenters. The number of hydrogen-bond acceptors (Lipinski definition) is 1. The summed E-state index contributed by atoms with van der Waals surface area (Å²) in [5.74, 6) is 0. The molecule has 2 atom stereocenters. The average molecular weight is 237 g/mol. The number of nitrogens with two attached hydrogens (primary N) is 1. The molecular formula is C11H12NOPS. The van der Waals surface area contributed by atoms with Crippen molar-refractivity contribution in [2.24, 2.45) is 5.14 Å². The summed E-state index contributed by atoms with van der Waals surface area (Å²) < 4.78 is 11.4. The van der Waals surface area contributed by atoms with E-state index in [1.54, 1.807) is 0 Å². The smallest absolute Gasteiger partial charge is 0.122 e. The van der Waals surface area contributed by atoms with Crippen LogP contribution in [0.15, 0.2) is 41.3 Å². The molecule has 2 N–H and O–H groups in total. The van der Waals surface area contributed by atoms with Gasteiger partial charge in [0.25, 0.3) is 0 Å². The van der Waals surface area contributed by atoms with E-state index in [0.717, 1.165) is 22.5 Å². The Hall–Kier alpha value is -0.760. The summed E-state index contributed by atoms with van der Waals surface area (Å²) in [6.45, 7) is 0. The molecule has 0 amide bonds. The molecular weight excluding hydrogens is 225 g/mol. The van der Waals surface area contributed by atoms with Crippen molar-refractivity contribution in [1.82, 2.24) is 0 Å². The highest BCUT2D eigenvalue weighted by Gasteiger charge is 2.06. The molecule has 78 valence electrons. The lowest BCUT2D eigenvalue weighted by Crippen LogP contribution is -2.04. The Morgan fingerprint density at radius 3 is 2.67 bits per heavy atom. The second-order valence-electron chi connectivity index (χ2n) is 3.32. The van der Waals surface area contributed by atoms with Crippen molar-refractivity contribution in [2.75, 3.05) is 0 Å². The lowest BCUT2D eigenvalue weighted by molar-refractivity contribution is 0.685. The third-order valence-electron chi connectivity index (χ3n) is 2.34. The summed E-state index contributed by atoms with van der Waals surface area (Å²) in [4.78, 5) is 0.713. The molecule has 0 heterocycles. The summed E-state index contributed by atoms with van der Waals surface area (Å²) in [7, 11) is 1.23. The fourth-order valence-corrected chi connectivity index (χ4v) is 2.52. The molecule has 15 heavy (non-hydrogen) atoms. The van der Waals surface area contributed by atoms with Gasteiger partial charge in [-0.25, -0.2) is 9.35 Å². The molecule has 0 saturated carbocycles. The van der Waals surface area contributed by atoms with Crippen LogP contribution < -0.4 is 5.14 Å². The SMILES string of the molecule is NS(=O)c1cc(CP)cc2ccccc12. The summed E-state index contributed by atoms with van der Waals surface area (Å²) in [6, 6.07) is 11.9. The molecule has 0 aliphatic heterocycles. The molecule has 2 aromatic carbocycles. The third kappa shape index (κ3) is 2.10. The molecule has 0 spiro atoms. The Balaban J connectivity index is 2.80. The van der Waals surface area contributed by atoms with Gasteiger partial charge in [-0.3, -0.25) is 0 Å². The van der Waals surface area contributed by atoms with Crippen molar-refractivity contribution in [3.63, 3.8) is 0 Å². The van der Waals surface area contributed by atoms with Gasteiger partial charge in [0.1, 0.15) is 11.0 Å². The van der Waals surface area contributed by atoms with Crippen molar-refractivity contribution in [3.8, 4) is 0 Å². The van der Waals surface area contributed by atoms with E-state index >= 15 is 0 Å². The largest absolute Gasteiger partial charge is 0.248 e. The Bertz CT molecular complexity index is 527. The van der Waals surface area contributed by atoms with Crippen LogP contribution in [-0.4, -0.2) is 4.21 Å². The molecule has 0 fully saturated rings. The van der Waals surface area contributed by atoms with Crippen LogP contribution in [0.25, 0.3) is 10.8 Å². The first-order chi connectivity index (χ1) is 7.22. The maximum Gasteiger partial charge on any atom is 0.122 e. The first-order valence-corrected chi connectivity index (χ1v) is 6.63. The molecule has 2 nitrogen and oxygen atoms in total. The summed E-state index contributed by atoms with van der Waals surface area (Å²) in [5, 5.41) is 7.53. The number of hydrogen-bond donors (Lipinski definition) is 1. The lowest BCUT2D eigenvalue weighted by atomic mass is 10.1. The van der Waals surface area contributed by atoms with E-state index in [4.69, 9.17) is 5.14 Å². The van der Waals surface area contributed by atoms with Crippen LogP contribution in [0.5, 0.6) is 0 Å². The van der Waals surface area contributed by atoms with Crippen molar-refractivity contribution in [3.05, 3.63) is 42.0 Å². The van der Waals surface area contributed by atoms with E-state index in [1.165, 1.54) is 0 Å². The van der Waals surface area contributed by atoms with E-state index in [0.29, 0.717) is 4.90 Å². The van der Waals surface area contributed by atoms with Crippen molar-refractivity contribution >= 4 is 31.0 Å². The van der Waals surface area contributed by atoms with Crippen LogP contribution in [0.1, 0.15) is 5.56 Å². The lowest BCUT2D eigenvalue weighted by Gasteiger charge is -2.06. The molecule has 0 bridgehead atoms. The van der Waals surface area contributed by atoms with Gasteiger partial charge < -0.3 is 0 Å². The predicted octanol–water partition coefficient (Wildman–Crippen LogP) is 2.20. The van der Waals surface area contributed by atoms with Crippen LogP contribution in [0, 0.1) is 0 Å². The Morgan fingerprint density at radius 1 is 1.27 bits per heavy atom. The Labute approximate surface area is 93.7 Å². The minimum Gasteiger partial charge on any atom is -0.248 e. The average Bonchev–Trinajstić information content (AvgIpc) is 2.27. The van der Waals surface area contributed by atoms with E-state index in [9.17, 15) is 4.21 Å². The maximum absolute atomic E-state index is 11.4. The summed E-state index contributed by atoms with van der Waals surface area (Å²) in [6.07, 6.45) is 0.842. The zero-order chi connectivity index (χ0) is 10.8. The molecule has 0 radical (unpaired) electrons. The first kappa shape index (κ1) is 10.7. The second kappa shape index (κ2) is 4.40. The topological polar surface area (TPSA) is 43.1 Å². The highest BCUT2D eigenvalue weighted by Crippen LogP contribution is 2.23. The molecule has 0 saturated heterocycles. The van der Waals surface area contributed by atoms with Gasteiger partial charge >= 0.3 is 0 Å². The second-order valence-corrected chi connectivity index (χ2v) is 4.76. The normalized spacial score (nSPS) is 12.9. The monoisotopic (exact) mass is 237 g/mol. The standard InChI is InChI=1S/C11H12NOPS/c12-15(13)11-6-8(7-14)5-9-3-1-2-4-10(9)11/h1-6H,7,12,14H2. The van der Waals surface area contributed by atoms with E-state index in [2.05, 4.69) is 15.3 Å². The molecule has 0 aliphatic rings. The third-order valence-corrected chi connectivity index (χ3v) is 3.58. The Kier molecular flexibility index (Phi) is 3.15. The van der Waals surface area contributed by atoms with Crippen molar-refractivity contribution < 1.29 is 4.21 Å². The highest BCUT2D eigenvalue weighted by molar-refractivity contribution is 7.83. The minimum absolute atomic E-state index is 0.713. The quantitative estimate of drug-likeness (QED) is 0.799. The van der Waals surface area contributed by atoms with E-state index in [1.807, 2.05) is 30.3 Å². The molecule has 2 aromatic rings. The van der Waals surface area contributed by atoms with Gasteiger partial charge in [-0.15, -0.1) is 9.24 Å². The van der Waals surface area contributed by atoms with Crippen LogP contribution >= 0.6 is 9.24 Å². The number of benzene rings is 2. The molecule has 4 heteroatoms. The van der Waals surface area contributed by atoms with Gasteiger partial charge in [-0.05, 0) is 28.6 Å². The molecule has 0 aromatic heterocycles. The van der Waals surface area contributed by atoms with Crippen LogP contribution in [-0.2, 0) is 17.1 Å². The van der Waals surface area contributed by atoms with Crippen LogP contribution in [0.3, 0.4) is 0 Å². The van der Waals surface area contributed by atoms with Gasteiger partial charge in [0.15, 0.2) is 0 Å². The summed E-state index contributed by atoms with van der Waals surface area (Å²) in [5.41, 5.74) is 1.13. The predicted molar refractivity (Wildman–Crippen MR) is 68.0 cm³/mol. The van der Waals surface area contributed by atoms with Gasteiger partial charge in [0.05, 0.1) is 4.90 Å². The van der Waals surface area contributed by atoms with Crippen molar-refractivity contribution in [1.29, 1.82) is 0 Å². The van der Waals surface area contributed by atoms with Crippen LogP contribution in [0.4, 0.5) is 0 Å². The van der Waals surface area contributed by atoms with Gasteiger partial charge in [0, 0.05) is 0 Å². The van der Waals surface area contributed by atoms with Crippen LogP contribution in [0.2, 0.25) is 0 Å². The first-order valence-electron chi connectivity index (χ1n) is 4.60. The van der Waals surface area contributed by atoms with E-state index in [-0.39, 0.29) is 0 Å². The summed E-state index contributed by atoms with van der Waals surface area (Å²) >= 11 is 0. The zero-order valence-corrected chi connectivity index (χ0v) is 10.1. The van der Waals surface area contributed by atoms with E-state index < -0.39 is 11.0 Å². The van der Waals surface area contributed by atoms with Crippen molar-refractivity contribution in [2.45, 2.75) is 11.1 Å². The fourth-order valence-electron chi connectivity index (χ4n) is 1.62. The van der Waals surface area contributed by atoms with Gasteiger partial charge in [-0.2, -0.15) is 0 Å². The minimum atomic E-state index is -1.42. The molecule has 2 rings (SSSR count). The Morgan fingerprint density at radius 2 is 2.00 bits per heavy atom. The molecule has 0 aliphatic carbocycles. The maximum atomic E-state index is 11.4. The van der Waals surface area contributed by atoms with Gasteiger partial charge in [0.2, 0.25) is 0 Å². The van der Waals surface area contributed by atoms with Gasteiger partial charge in [-0.1, -0.05) is 30.3 Å². The highest BCUT2D eigenvalue weighted by atomic mass is 32.2. The number of rotatable bonds is 2. The zero-order valence-electron chi connectivity index (χ0n) is 8.14. The fraction of sp³-hybridized carbons (Fsp3) is 0.0909.